The Labute approximate surface area is 220 Å². The summed E-state index contributed by atoms with van der Waals surface area (Å²) < 4.78 is 69.7. The van der Waals surface area contributed by atoms with E-state index in [1.54, 1.807) is 29.2 Å². The molecule has 0 saturated carbocycles. The van der Waals surface area contributed by atoms with E-state index < -0.39 is 31.4 Å². The Morgan fingerprint density at radius 3 is 2.55 bits per heavy atom. The quantitative estimate of drug-likeness (QED) is 0.368. The highest BCUT2D eigenvalue weighted by Crippen LogP contribution is 2.33. The van der Waals surface area contributed by atoms with E-state index in [1.165, 1.54) is 22.9 Å². The first-order valence-corrected chi connectivity index (χ1v) is 12.3. The number of likely N-dealkylation sites (tertiary alicyclic amines) is 1. The van der Waals surface area contributed by atoms with Crippen LogP contribution in [0.5, 0.6) is 0 Å². The third kappa shape index (κ3) is 6.44. The van der Waals surface area contributed by atoms with Crippen molar-refractivity contribution >= 4 is 34.3 Å². The molecule has 0 aliphatic carbocycles. The molecular formula is C26H25ClF5N3O3. The van der Waals surface area contributed by atoms with Crippen LogP contribution in [-0.4, -0.2) is 54.0 Å². The molecular weight excluding hydrogens is 533 g/mol. The van der Waals surface area contributed by atoms with Crippen molar-refractivity contribution in [1.29, 1.82) is 0 Å². The standard InChI is InChI=1S/C26H25ClF5N3O3/c27-21-3-1-2-18-20(15-35(24(18)21)10-11-38-26(30,31)32)25(37)34-8-6-17(7-9-34)19-12-16(4-5-22(19)29)14-33-23(36)13-28/h1-5,12,15,17H,6-11,13-14H2,(H,33,36). The van der Waals surface area contributed by atoms with Gasteiger partial charge in [-0.05, 0) is 42.0 Å². The van der Waals surface area contributed by atoms with Gasteiger partial charge in [0.15, 0.2) is 6.67 Å². The molecule has 1 fully saturated rings. The molecule has 6 nitrogen and oxygen atoms in total. The Hall–Kier alpha value is -3.18. The van der Waals surface area contributed by atoms with Gasteiger partial charge in [-0.15, -0.1) is 13.2 Å². The van der Waals surface area contributed by atoms with Crippen molar-refractivity contribution in [3.8, 4) is 0 Å². The van der Waals surface area contributed by atoms with Gasteiger partial charge in [0.25, 0.3) is 11.8 Å². The lowest BCUT2D eigenvalue weighted by atomic mass is 9.88. The number of rotatable bonds is 8. The fraction of sp³-hybridized carbons (Fsp3) is 0.385. The second kappa shape index (κ2) is 11.7. The van der Waals surface area contributed by atoms with E-state index in [9.17, 15) is 31.5 Å². The van der Waals surface area contributed by atoms with Crippen LogP contribution in [0.4, 0.5) is 22.0 Å². The number of ether oxygens (including phenoxy) is 1. The average molecular weight is 558 g/mol. The third-order valence-corrected chi connectivity index (χ3v) is 6.88. The van der Waals surface area contributed by atoms with Crippen molar-refractivity contribution in [2.24, 2.45) is 0 Å². The number of para-hydroxylation sites is 1. The molecule has 38 heavy (non-hydrogen) atoms. The number of piperidine rings is 1. The number of aromatic nitrogens is 1. The number of carbonyl (C=O) groups excluding carboxylic acids is 2. The van der Waals surface area contributed by atoms with Crippen molar-refractivity contribution in [1.82, 2.24) is 14.8 Å². The SMILES string of the molecule is O=C(CF)NCc1ccc(F)c(C2CCN(C(=O)c3cn(CCOC(F)(F)F)c4c(Cl)cccc34)CC2)c1. The van der Waals surface area contributed by atoms with Gasteiger partial charge in [0, 0.05) is 37.8 Å². The first kappa shape index (κ1) is 27.8. The molecule has 1 saturated heterocycles. The summed E-state index contributed by atoms with van der Waals surface area (Å²) in [6, 6.07) is 9.42. The maximum atomic E-state index is 14.6. The van der Waals surface area contributed by atoms with Crippen LogP contribution in [0, 0.1) is 5.82 Å². The number of nitrogens with one attached hydrogen (secondary N) is 1. The number of carbonyl (C=O) groups is 2. The molecule has 12 heteroatoms. The minimum atomic E-state index is -4.77. The Bertz CT molecular complexity index is 1320. The molecule has 0 spiro atoms. The smallest absolute Gasteiger partial charge is 0.350 e. The molecule has 0 unspecified atom stereocenters. The first-order valence-electron chi connectivity index (χ1n) is 12.0. The predicted octanol–water partition coefficient (Wildman–Crippen LogP) is 5.58. The zero-order valence-electron chi connectivity index (χ0n) is 20.2. The van der Waals surface area contributed by atoms with Crippen molar-refractivity contribution in [3.63, 3.8) is 0 Å². The normalized spacial score (nSPS) is 14.7. The number of benzene rings is 2. The van der Waals surface area contributed by atoms with E-state index in [0.717, 1.165) is 0 Å². The van der Waals surface area contributed by atoms with Crippen LogP contribution in [0.3, 0.4) is 0 Å². The van der Waals surface area contributed by atoms with Crippen LogP contribution >= 0.6 is 11.6 Å². The van der Waals surface area contributed by atoms with Crippen LogP contribution in [0.1, 0.15) is 40.2 Å². The fourth-order valence-electron chi connectivity index (χ4n) is 4.75. The Kier molecular flexibility index (Phi) is 8.57. The van der Waals surface area contributed by atoms with Gasteiger partial charge in [0.05, 0.1) is 22.7 Å². The summed E-state index contributed by atoms with van der Waals surface area (Å²) in [5, 5.41) is 3.23. The van der Waals surface area contributed by atoms with E-state index in [1.807, 2.05) is 0 Å². The Balaban J connectivity index is 1.47. The maximum absolute atomic E-state index is 14.6. The zero-order chi connectivity index (χ0) is 27.4. The summed E-state index contributed by atoms with van der Waals surface area (Å²) in [5.74, 6) is -1.60. The molecule has 0 radical (unpaired) electrons. The van der Waals surface area contributed by atoms with Crippen molar-refractivity contribution < 1.29 is 36.3 Å². The zero-order valence-corrected chi connectivity index (χ0v) is 20.9. The largest absolute Gasteiger partial charge is 0.522 e. The molecule has 0 bridgehead atoms. The molecule has 1 aliphatic rings. The number of alkyl halides is 4. The molecule has 1 aliphatic heterocycles. The van der Waals surface area contributed by atoms with Gasteiger partial charge in [-0.25, -0.2) is 8.78 Å². The Morgan fingerprint density at radius 2 is 1.87 bits per heavy atom. The fourth-order valence-corrected chi connectivity index (χ4v) is 5.03. The number of hydrogen-bond donors (Lipinski definition) is 1. The van der Waals surface area contributed by atoms with Crippen LogP contribution in [0.15, 0.2) is 42.6 Å². The summed E-state index contributed by atoms with van der Waals surface area (Å²) in [5.41, 5.74) is 1.86. The molecule has 2 heterocycles. The lowest BCUT2D eigenvalue weighted by molar-refractivity contribution is -0.325. The molecule has 1 aromatic heterocycles. The molecule has 204 valence electrons. The molecule has 4 rings (SSSR count). The molecule has 3 aromatic rings. The second-order valence-corrected chi connectivity index (χ2v) is 9.41. The maximum Gasteiger partial charge on any atom is 0.522 e. The van der Waals surface area contributed by atoms with Gasteiger partial charge in [0.2, 0.25) is 0 Å². The summed E-state index contributed by atoms with van der Waals surface area (Å²) in [7, 11) is 0. The van der Waals surface area contributed by atoms with Gasteiger partial charge < -0.3 is 14.8 Å². The lowest BCUT2D eigenvalue weighted by Crippen LogP contribution is -2.38. The monoisotopic (exact) mass is 557 g/mol. The summed E-state index contributed by atoms with van der Waals surface area (Å²) in [6.07, 6.45) is -2.31. The number of fused-ring (bicyclic) bond motifs is 1. The number of hydrogen-bond acceptors (Lipinski definition) is 3. The predicted molar refractivity (Wildman–Crippen MR) is 131 cm³/mol. The van der Waals surface area contributed by atoms with Crippen LogP contribution < -0.4 is 5.32 Å². The number of amides is 2. The molecule has 1 N–H and O–H groups in total. The van der Waals surface area contributed by atoms with Crippen molar-refractivity contribution in [2.45, 2.75) is 38.2 Å². The van der Waals surface area contributed by atoms with Gasteiger partial charge in [-0.1, -0.05) is 35.9 Å². The third-order valence-electron chi connectivity index (χ3n) is 6.57. The van der Waals surface area contributed by atoms with Crippen molar-refractivity contribution in [2.75, 3.05) is 26.4 Å². The highest BCUT2D eigenvalue weighted by atomic mass is 35.5. The number of halogens is 6. The lowest BCUT2D eigenvalue weighted by Gasteiger charge is -2.32. The van der Waals surface area contributed by atoms with E-state index in [-0.39, 0.29) is 24.9 Å². The Morgan fingerprint density at radius 1 is 1.13 bits per heavy atom. The topological polar surface area (TPSA) is 63.6 Å². The van der Waals surface area contributed by atoms with Gasteiger partial charge >= 0.3 is 6.36 Å². The molecule has 2 aromatic carbocycles. The van der Waals surface area contributed by atoms with E-state index in [0.29, 0.717) is 58.5 Å². The molecule has 0 atom stereocenters. The number of nitrogens with zero attached hydrogens (tertiary/aromatic N) is 2. The minimum absolute atomic E-state index is 0.0774. The van der Waals surface area contributed by atoms with Crippen LogP contribution in [0.25, 0.3) is 10.9 Å². The highest BCUT2D eigenvalue weighted by Gasteiger charge is 2.30. The van der Waals surface area contributed by atoms with Crippen LogP contribution in [0.2, 0.25) is 5.02 Å². The van der Waals surface area contributed by atoms with Crippen molar-refractivity contribution in [3.05, 3.63) is 70.1 Å². The molecule has 2 amide bonds. The van der Waals surface area contributed by atoms with Gasteiger partial charge in [-0.2, -0.15) is 0 Å². The summed E-state index contributed by atoms with van der Waals surface area (Å²) in [4.78, 5) is 26.2. The minimum Gasteiger partial charge on any atom is -0.350 e. The highest BCUT2D eigenvalue weighted by molar-refractivity contribution is 6.35. The summed E-state index contributed by atoms with van der Waals surface area (Å²) in [6.45, 7) is -1.16. The van der Waals surface area contributed by atoms with Gasteiger partial charge in [0.1, 0.15) is 5.82 Å². The van der Waals surface area contributed by atoms with E-state index >= 15 is 0 Å². The van der Waals surface area contributed by atoms with E-state index in [4.69, 9.17) is 11.6 Å². The van der Waals surface area contributed by atoms with Gasteiger partial charge in [-0.3, -0.25) is 14.3 Å². The van der Waals surface area contributed by atoms with E-state index in [2.05, 4.69) is 10.1 Å². The second-order valence-electron chi connectivity index (χ2n) is 9.00. The summed E-state index contributed by atoms with van der Waals surface area (Å²) >= 11 is 6.31. The van der Waals surface area contributed by atoms with Crippen LogP contribution in [-0.2, 0) is 22.6 Å². The average Bonchev–Trinajstić information content (AvgIpc) is 3.26. The first-order chi connectivity index (χ1) is 18.1.